The number of hydrogen-bond acceptors (Lipinski definition) is 7. The Morgan fingerprint density at radius 2 is 2.33 bits per heavy atom. The van der Waals surface area contributed by atoms with Crippen molar-refractivity contribution in [3.8, 4) is 0 Å². The highest BCUT2D eigenvalue weighted by molar-refractivity contribution is 7.99. The summed E-state index contributed by atoms with van der Waals surface area (Å²) in [4.78, 5) is 9.29. The second-order valence-electron chi connectivity index (χ2n) is 3.96. The van der Waals surface area contributed by atoms with Crippen molar-refractivity contribution in [3.05, 3.63) is 11.4 Å². The second kappa shape index (κ2) is 5.73. The van der Waals surface area contributed by atoms with E-state index in [0.717, 1.165) is 16.0 Å². The normalized spacial score (nSPS) is 14.6. The highest BCUT2D eigenvalue weighted by atomic mass is 32.2. The molecule has 2 rings (SSSR count). The van der Waals surface area contributed by atoms with Crippen LogP contribution in [0.2, 0.25) is 0 Å². The molecule has 0 aliphatic heterocycles. The molecule has 2 aromatic heterocycles. The fraction of sp³-hybridized carbons (Fsp3) is 0.455. The van der Waals surface area contributed by atoms with Crippen LogP contribution in [0.4, 0.5) is 11.8 Å². The zero-order valence-electron chi connectivity index (χ0n) is 10.3. The third kappa shape index (κ3) is 2.68. The molecule has 2 heterocycles. The molecule has 0 saturated carbocycles. The van der Waals surface area contributed by atoms with Gasteiger partial charge in [-0.2, -0.15) is 16.7 Å². The SMILES string of the molecule is CSC(CO)C(C)Nc1nc(N)nc2sccc12. The number of thioether (sulfide) groups is 1. The van der Waals surface area contributed by atoms with Crippen LogP contribution in [0, 0.1) is 0 Å². The van der Waals surface area contributed by atoms with Gasteiger partial charge >= 0.3 is 0 Å². The molecule has 0 amide bonds. The lowest BCUT2D eigenvalue weighted by atomic mass is 10.2. The minimum absolute atomic E-state index is 0.0994. The summed E-state index contributed by atoms with van der Waals surface area (Å²) in [6.45, 7) is 2.15. The number of anilines is 2. The quantitative estimate of drug-likeness (QED) is 0.776. The average Bonchev–Trinajstić information content (AvgIpc) is 2.78. The summed E-state index contributed by atoms with van der Waals surface area (Å²) in [5.41, 5.74) is 5.69. The maximum absolute atomic E-state index is 9.29. The average molecular weight is 284 g/mol. The van der Waals surface area contributed by atoms with Crippen LogP contribution in [-0.2, 0) is 0 Å². The molecular formula is C11H16N4OS2. The number of fused-ring (bicyclic) bond motifs is 1. The van der Waals surface area contributed by atoms with Crippen LogP contribution in [0.25, 0.3) is 10.2 Å². The highest BCUT2D eigenvalue weighted by Gasteiger charge is 2.17. The molecule has 2 aromatic rings. The highest BCUT2D eigenvalue weighted by Crippen LogP contribution is 2.27. The van der Waals surface area contributed by atoms with E-state index in [0.29, 0.717) is 0 Å². The summed E-state index contributed by atoms with van der Waals surface area (Å²) in [7, 11) is 0. The van der Waals surface area contributed by atoms with Gasteiger partial charge in [0.05, 0.1) is 12.0 Å². The van der Waals surface area contributed by atoms with Crippen LogP contribution in [-0.4, -0.2) is 39.2 Å². The first kappa shape index (κ1) is 13.4. The lowest BCUT2D eigenvalue weighted by molar-refractivity contribution is 0.288. The molecule has 98 valence electrons. The second-order valence-corrected chi connectivity index (χ2v) is 5.93. The molecule has 5 nitrogen and oxygen atoms in total. The number of aliphatic hydroxyl groups is 1. The van der Waals surface area contributed by atoms with Crippen LogP contribution < -0.4 is 11.1 Å². The minimum Gasteiger partial charge on any atom is -0.395 e. The molecule has 2 atom stereocenters. The van der Waals surface area contributed by atoms with Crippen molar-refractivity contribution >= 4 is 45.1 Å². The van der Waals surface area contributed by atoms with E-state index < -0.39 is 0 Å². The molecule has 0 saturated heterocycles. The Kier molecular flexibility index (Phi) is 4.26. The third-order valence-corrected chi connectivity index (χ3v) is 4.72. The summed E-state index contributed by atoms with van der Waals surface area (Å²) in [6.07, 6.45) is 1.98. The smallest absolute Gasteiger partial charge is 0.223 e. The first-order valence-electron chi connectivity index (χ1n) is 5.56. The third-order valence-electron chi connectivity index (χ3n) is 2.75. The fourth-order valence-electron chi connectivity index (χ4n) is 1.73. The number of thiophene rings is 1. The van der Waals surface area contributed by atoms with Crippen molar-refractivity contribution in [2.45, 2.75) is 18.2 Å². The van der Waals surface area contributed by atoms with Crippen molar-refractivity contribution in [1.82, 2.24) is 9.97 Å². The first-order valence-corrected chi connectivity index (χ1v) is 7.73. The number of aliphatic hydroxyl groups excluding tert-OH is 1. The zero-order chi connectivity index (χ0) is 13.1. The number of aromatic nitrogens is 2. The maximum Gasteiger partial charge on any atom is 0.223 e. The number of nitrogens with two attached hydrogens (primary N) is 1. The Hall–Kier alpha value is -1.05. The Morgan fingerprint density at radius 3 is 3.00 bits per heavy atom. The molecule has 0 spiro atoms. The Bertz CT molecular complexity index is 527. The fourth-order valence-corrected chi connectivity index (χ4v) is 3.12. The molecule has 0 fully saturated rings. The van der Waals surface area contributed by atoms with E-state index in [1.807, 2.05) is 24.6 Å². The van der Waals surface area contributed by atoms with E-state index in [1.165, 1.54) is 11.3 Å². The van der Waals surface area contributed by atoms with Gasteiger partial charge in [-0.05, 0) is 24.6 Å². The summed E-state index contributed by atoms with van der Waals surface area (Å²) in [5, 5.41) is 15.7. The summed E-state index contributed by atoms with van der Waals surface area (Å²) < 4.78 is 0. The van der Waals surface area contributed by atoms with Gasteiger partial charge in [-0.15, -0.1) is 11.3 Å². The van der Waals surface area contributed by atoms with E-state index >= 15 is 0 Å². The predicted molar refractivity (Wildman–Crippen MR) is 79.3 cm³/mol. The van der Waals surface area contributed by atoms with Crippen molar-refractivity contribution in [2.75, 3.05) is 23.9 Å². The van der Waals surface area contributed by atoms with Crippen LogP contribution >= 0.6 is 23.1 Å². The number of rotatable bonds is 5. The Labute approximate surface area is 114 Å². The van der Waals surface area contributed by atoms with Crippen molar-refractivity contribution in [2.24, 2.45) is 0 Å². The van der Waals surface area contributed by atoms with E-state index in [2.05, 4.69) is 15.3 Å². The van der Waals surface area contributed by atoms with Gasteiger partial charge in [-0.3, -0.25) is 0 Å². The van der Waals surface area contributed by atoms with Gasteiger partial charge in [0.15, 0.2) is 0 Å². The summed E-state index contributed by atoms with van der Waals surface area (Å²) in [6, 6.07) is 2.07. The molecule has 7 heteroatoms. The van der Waals surface area contributed by atoms with Gasteiger partial charge in [0.25, 0.3) is 0 Å². The molecule has 0 aliphatic carbocycles. The molecule has 2 unspecified atom stereocenters. The van der Waals surface area contributed by atoms with Crippen LogP contribution in [0.5, 0.6) is 0 Å². The molecule has 0 bridgehead atoms. The lowest BCUT2D eigenvalue weighted by Crippen LogP contribution is -2.31. The predicted octanol–water partition coefficient (Wildman–Crippen LogP) is 1.80. The first-order chi connectivity index (χ1) is 8.65. The van der Waals surface area contributed by atoms with Crippen LogP contribution in [0.3, 0.4) is 0 Å². The van der Waals surface area contributed by atoms with E-state index in [4.69, 9.17) is 5.73 Å². The topological polar surface area (TPSA) is 84.1 Å². The van der Waals surface area contributed by atoms with Crippen molar-refractivity contribution in [3.63, 3.8) is 0 Å². The van der Waals surface area contributed by atoms with Gasteiger partial charge in [0.1, 0.15) is 10.6 Å². The molecule has 0 radical (unpaired) electrons. The van der Waals surface area contributed by atoms with Crippen LogP contribution in [0.1, 0.15) is 6.92 Å². The van der Waals surface area contributed by atoms with Gasteiger partial charge in [-0.25, -0.2) is 4.98 Å². The largest absolute Gasteiger partial charge is 0.395 e. The zero-order valence-corrected chi connectivity index (χ0v) is 11.9. The number of nitrogens with zero attached hydrogens (tertiary/aromatic N) is 2. The number of nitrogen functional groups attached to an aromatic ring is 1. The molecule has 18 heavy (non-hydrogen) atoms. The van der Waals surface area contributed by atoms with E-state index in [1.54, 1.807) is 11.8 Å². The van der Waals surface area contributed by atoms with E-state index in [-0.39, 0.29) is 23.8 Å². The van der Waals surface area contributed by atoms with Crippen LogP contribution in [0.15, 0.2) is 11.4 Å². The maximum atomic E-state index is 9.29. The molecular weight excluding hydrogens is 268 g/mol. The summed E-state index contributed by atoms with van der Waals surface area (Å²) in [5.74, 6) is 1.00. The van der Waals surface area contributed by atoms with Gasteiger partial charge in [-0.1, -0.05) is 0 Å². The number of nitrogens with one attached hydrogen (secondary N) is 1. The lowest BCUT2D eigenvalue weighted by Gasteiger charge is -2.22. The molecule has 0 aromatic carbocycles. The van der Waals surface area contributed by atoms with Crippen molar-refractivity contribution < 1.29 is 5.11 Å². The molecule has 4 N–H and O–H groups in total. The minimum atomic E-state index is 0.0994. The van der Waals surface area contributed by atoms with Gasteiger partial charge in [0.2, 0.25) is 5.95 Å². The Morgan fingerprint density at radius 1 is 1.56 bits per heavy atom. The van der Waals surface area contributed by atoms with Gasteiger partial charge < -0.3 is 16.2 Å². The monoisotopic (exact) mass is 284 g/mol. The standard InChI is InChI=1S/C11H16N4OS2/c1-6(8(5-16)17-2)13-9-7-3-4-18-10(7)15-11(12)14-9/h3-4,6,8,16H,5H2,1-2H3,(H3,12,13,14,15). The number of hydrogen-bond donors (Lipinski definition) is 3. The van der Waals surface area contributed by atoms with Crippen molar-refractivity contribution in [1.29, 1.82) is 0 Å². The summed E-state index contributed by atoms with van der Waals surface area (Å²) >= 11 is 3.16. The van der Waals surface area contributed by atoms with E-state index in [9.17, 15) is 5.11 Å². The van der Waals surface area contributed by atoms with Gasteiger partial charge in [0, 0.05) is 11.3 Å². The Balaban J connectivity index is 2.28. The molecule has 0 aliphatic rings.